The molecule has 0 aromatic rings. The lowest BCUT2D eigenvalue weighted by atomic mass is 9.88. The van der Waals surface area contributed by atoms with Crippen molar-refractivity contribution in [3.8, 4) is 0 Å². The van der Waals surface area contributed by atoms with Crippen LogP contribution in [0.3, 0.4) is 0 Å². The molecule has 0 saturated heterocycles. The van der Waals surface area contributed by atoms with Crippen molar-refractivity contribution in [2.75, 3.05) is 6.61 Å². The molecule has 0 aromatic carbocycles. The molecule has 0 radical (unpaired) electrons. The van der Waals surface area contributed by atoms with E-state index in [1.807, 2.05) is 13.8 Å². The van der Waals surface area contributed by atoms with Crippen molar-refractivity contribution < 1.29 is 14.6 Å². The first-order chi connectivity index (χ1) is 8.02. The van der Waals surface area contributed by atoms with Gasteiger partial charge in [0.25, 0.3) is 0 Å². The Balaban J connectivity index is 2.27. The molecule has 17 heavy (non-hydrogen) atoms. The van der Waals surface area contributed by atoms with Gasteiger partial charge in [0.15, 0.2) is 0 Å². The summed E-state index contributed by atoms with van der Waals surface area (Å²) in [6, 6.07) is 0.152. The highest BCUT2D eigenvalue weighted by molar-refractivity contribution is 5.80. The minimum atomic E-state index is -0.381. The van der Waals surface area contributed by atoms with Crippen molar-refractivity contribution in [1.82, 2.24) is 5.32 Å². The molecule has 1 atom stereocenters. The SMILES string of the molecule is CC(C)NC(=O)C(C)OC1CCC(CO)CC1. The summed E-state index contributed by atoms with van der Waals surface area (Å²) in [6.07, 6.45) is 3.69. The Hall–Kier alpha value is -0.610. The van der Waals surface area contributed by atoms with Crippen molar-refractivity contribution in [2.24, 2.45) is 5.92 Å². The zero-order valence-corrected chi connectivity index (χ0v) is 11.1. The second-order valence-electron chi connectivity index (χ2n) is 5.27. The third kappa shape index (κ3) is 5.04. The summed E-state index contributed by atoms with van der Waals surface area (Å²) in [4.78, 5) is 11.7. The number of aliphatic hydroxyl groups excluding tert-OH is 1. The van der Waals surface area contributed by atoms with Gasteiger partial charge in [-0.25, -0.2) is 0 Å². The van der Waals surface area contributed by atoms with Crippen LogP contribution in [-0.2, 0) is 9.53 Å². The molecule has 1 fully saturated rings. The van der Waals surface area contributed by atoms with Crippen molar-refractivity contribution in [3.63, 3.8) is 0 Å². The largest absolute Gasteiger partial charge is 0.396 e. The van der Waals surface area contributed by atoms with Crippen molar-refractivity contribution in [2.45, 2.75) is 64.7 Å². The van der Waals surface area contributed by atoms with Gasteiger partial charge in [-0.15, -0.1) is 0 Å². The number of ether oxygens (including phenoxy) is 1. The number of amides is 1. The molecule has 0 heterocycles. The Morgan fingerprint density at radius 2 is 1.88 bits per heavy atom. The van der Waals surface area contributed by atoms with Gasteiger partial charge in [-0.3, -0.25) is 4.79 Å². The van der Waals surface area contributed by atoms with Crippen LogP contribution in [-0.4, -0.2) is 35.9 Å². The third-order valence-electron chi connectivity index (χ3n) is 3.25. The van der Waals surface area contributed by atoms with E-state index >= 15 is 0 Å². The molecule has 0 bridgehead atoms. The summed E-state index contributed by atoms with van der Waals surface area (Å²) in [5, 5.41) is 11.9. The van der Waals surface area contributed by atoms with Crippen molar-refractivity contribution in [3.05, 3.63) is 0 Å². The van der Waals surface area contributed by atoms with E-state index in [-0.39, 0.29) is 30.8 Å². The van der Waals surface area contributed by atoms with Crippen LogP contribution in [0, 0.1) is 5.92 Å². The maximum Gasteiger partial charge on any atom is 0.249 e. The van der Waals surface area contributed by atoms with Gasteiger partial charge in [-0.1, -0.05) is 0 Å². The molecule has 1 aliphatic carbocycles. The quantitative estimate of drug-likeness (QED) is 0.768. The van der Waals surface area contributed by atoms with Gasteiger partial charge >= 0.3 is 0 Å². The number of carbonyl (C=O) groups excluding carboxylic acids is 1. The number of rotatable bonds is 5. The minimum absolute atomic E-state index is 0.0377. The summed E-state index contributed by atoms with van der Waals surface area (Å²) < 4.78 is 5.75. The molecular formula is C13H25NO3. The first-order valence-electron chi connectivity index (χ1n) is 6.59. The maximum absolute atomic E-state index is 11.7. The normalized spacial score (nSPS) is 26.9. The van der Waals surface area contributed by atoms with Crippen LogP contribution in [0.4, 0.5) is 0 Å². The molecule has 0 aromatic heterocycles. The van der Waals surface area contributed by atoms with E-state index in [0.717, 1.165) is 25.7 Å². The van der Waals surface area contributed by atoms with Crippen LogP contribution >= 0.6 is 0 Å². The Morgan fingerprint density at radius 1 is 1.29 bits per heavy atom. The summed E-state index contributed by atoms with van der Waals surface area (Å²) in [5.41, 5.74) is 0. The lowest BCUT2D eigenvalue weighted by Gasteiger charge is -2.29. The molecule has 4 heteroatoms. The fraction of sp³-hybridized carbons (Fsp3) is 0.923. The first kappa shape index (κ1) is 14.5. The monoisotopic (exact) mass is 243 g/mol. The minimum Gasteiger partial charge on any atom is -0.396 e. The number of hydrogen-bond donors (Lipinski definition) is 2. The van der Waals surface area contributed by atoms with Crippen LogP contribution < -0.4 is 5.32 Å². The molecule has 2 N–H and O–H groups in total. The first-order valence-corrected chi connectivity index (χ1v) is 6.59. The van der Waals surface area contributed by atoms with Gasteiger partial charge < -0.3 is 15.2 Å². The number of nitrogens with one attached hydrogen (secondary N) is 1. The molecule has 100 valence electrons. The average Bonchev–Trinajstić information content (AvgIpc) is 2.29. The zero-order valence-electron chi connectivity index (χ0n) is 11.1. The van der Waals surface area contributed by atoms with Crippen LogP contribution in [0.15, 0.2) is 0 Å². The molecule has 1 rings (SSSR count). The fourth-order valence-corrected chi connectivity index (χ4v) is 2.20. The maximum atomic E-state index is 11.7. The number of aliphatic hydroxyl groups is 1. The van der Waals surface area contributed by atoms with Gasteiger partial charge in [-0.05, 0) is 52.4 Å². The third-order valence-corrected chi connectivity index (χ3v) is 3.25. The summed E-state index contributed by atoms with van der Waals surface area (Å²) in [7, 11) is 0. The van der Waals surface area contributed by atoms with Crippen molar-refractivity contribution >= 4 is 5.91 Å². The smallest absolute Gasteiger partial charge is 0.249 e. The van der Waals surface area contributed by atoms with Crippen LogP contribution in [0.5, 0.6) is 0 Å². The molecule has 1 saturated carbocycles. The van der Waals surface area contributed by atoms with Gasteiger partial charge in [0.1, 0.15) is 6.10 Å². The Morgan fingerprint density at radius 3 is 2.35 bits per heavy atom. The average molecular weight is 243 g/mol. The molecule has 0 aliphatic heterocycles. The summed E-state index contributed by atoms with van der Waals surface area (Å²) in [5.74, 6) is 0.388. The molecule has 1 aliphatic rings. The highest BCUT2D eigenvalue weighted by Crippen LogP contribution is 2.26. The zero-order chi connectivity index (χ0) is 12.8. The lowest BCUT2D eigenvalue weighted by molar-refractivity contribution is -0.137. The van der Waals surface area contributed by atoms with E-state index in [2.05, 4.69) is 5.32 Å². The Labute approximate surface area is 104 Å². The van der Waals surface area contributed by atoms with Gasteiger partial charge in [0, 0.05) is 12.6 Å². The van der Waals surface area contributed by atoms with Gasteiger partial charge in [-0.2, -0.15) is 0 Å². The van der Waals surface area contributed by atoms with E-state index in [0.29, 0.717) is 5.92 Å². The van der Waals surface area contributed by atoms with Crippen LogP contribution in [0.2, 0.25) is 0 Å². The van der Waals surface area contributed by atoms with Crippen LogP contribution in [0.25, 0.3) is 0 Å². The van der Waals surface area contributed by atoms with E-state index in [4.69, 9.17) is 9.84 Å². The van der Waals surface area contributed by atoms with Gasteiger partial charge in [0.05, 0.1) is 6.10 Å². The molecule has 4 nitrogen and oxygen atoms in total. The van der Waals surface area contributed by atoms with Crippen molar-refractivity contribution in [1.29, 1.82) is 0 Å². The fourth-order valence-electron chi connectivity index (χ4n) is 2.20. The Kier molecular flexibility index (Phi) is 5.92. The molecule has 1 amide bonds. The Bertz CT molecular complexity index is 235. The van der Waals surface area contributed by atoms with E-state index < -0.39 is 0 Å². The second kappa shape index (κ2) is 6.97. The molecule has 1 unspecified atom stereocenters. The number of hydrogen-bond acceptors (Lipinski definition) is 3. The highest BCUT2D eigenvalue weighted by Gasteiger charge is 2.24. The highest BCUT2D eigenvalue weighted by atomic mass is 16.5. The molecular weight excluding hydrogens is 218 g/mol. The second-order valence-corrected chi connectivity index (χ2v) is 5.27. The lowest BCUT2D eigenvalue weighted by Crippen LogP contribution is -2.40. The van der Waals surface area contributed by atoms with E-state index in [1.165, 1.54) is 0 Å². The van der Waals surface area contributed by atoms with E-state index in [9.17, 15) is 4.79 Å². The van der Waals surface area contributed by atoms with E-state index in [1.54, 1.807) is 6.92 Å². The summed E-state index contributed by atoms with van der Waals surface area (Å²) >= 11 is 0. The predicted octanol–water partition coefficient (Wildman–Crippen LogP) is 1.47. The predicted molar refractivity (Wildman–Crippen MR) is 66.7 cm³/mol. The summed E-state index contributed by atoms with van der Waals surface area (Å²) in [6.45, 7) is 5.96. The van der Waals surface area contributed by atoms with Gasteiger partial charge in [0.2, 0.25) is 5.91 Å². The number of carbonyl (C=O) groups is 1. The topological polar surface area (TPSA) is 58.6 Å². The standard InChI is InChI=1S/C13H25NO3/c1-9(2)14-13(16)10(3)17-12-6-4-11(8-15)5-7-12/h9-12,15H,4-8H2,1-3H3,(H,14,16). The van der Waals surface area contributed by atoms with Crippen LogP contribution in [0.1, 0.15) is 46.5 Å². The molecule has 0 spiro atoms.